The maximum atomic E-state index is 13.0. The molecule has 3 N–H and O–H groups in total. The smallest absolute Gasteiger partial charge is 0.263 e. The first-order chi connectivity index (χ1) is 8.87. The number of halogens is 2. The van der Waals surface area contributed by atoms with Crippen LogP contribution in [0.25, 0.3) is 0 Å². The predicted octanol–water partition coefficient (Wildman–Crippen LogP) is 1.74. The van der Waals surface area contributed by atoms with Crippen molar-refractivity contribution in [2.45, 2.75) is 4.90 Å². The molecule has 2 rings (SSSR count). The summed E-state index contributed by atoms with van der Waals surface area (Å²) >= 11 is 0. The van der Waals surface area contributed by atoms with E-state index >= 15 is 0 Å². The Balaban J connectivity index is 2.33. The van der Waals surface area contributed by atoms with Crippen molar-refractivity contribution in [2.24, 2.45) is 0 Å². The monoisotopic (exact) mass is 285 g/mol. The molecule has 8 heteroatoms. The van der Waals surface area contributed by atoms with E-state index in [0.29, 0.717) is 6.07 Å². The van der Waals surface area contributed by atoms with E-state index in [1.54, 1.807) is 0 Å². The Morgan fingerprint density at radius 1 is 1.11 bits per heavy atom. The zero-order valence-electron chi connectivity index (χ0n) is 9.47. The van der Waals surface area contributed by atoms with Gasteiger partial charge in [0.15, 0.2) is 0 Å². The van der Waals surface area contributed by atoms with Crippen molar-refractivity contribution in [1.29, 1.82) is 0 Å². The molecule has 1 aromatic heterocycles. The van der Waals surface area contributed by atoms with E-state index in [2.05, 4.69) is 4.98 Å². The van der Waals surface area contributed by atoms with E-state index in [-0.39, 0.29) is 16.4 Å². The van der Waals surface area contributed by atoms with Crippen molar-refractivity contribution in [3.8, 4) is 0 Å². The lowest BCUT2D eigenvalue weighted by Crippen LogP contribution is -2.13. The molecule has 0 spiro atoms. The summed E-state index contributed by atoms with van der Waals surface area (Å²) in [6, 6.07) is 4.92. The van der Waals surface area contributed by atoms with Crippen LogP contribution in [0.4, 0.5) is 20.3 Å². The fraction of sp³-hybridized carbons (Fsp3) is 0. The minimum absolute atomic E-state index is 0.161. The highest BCUT2D eigenvalue weighted by atomic mass is 32.2. The van der Waals surface area contributed by atoms with Crippen molar-refractivity contribution in [3.05, 3.63) is 48.2 Å². The molecule has 0 aliphatic rings. The van der Waals surface area contributed by atoms with E-state index in [4.69, 9.17) is 5.73 Å². The molecule has 19 heavy (non-hydrogen) atoms. The minimum atomic E-state index is -3.97. The summed E-state index contributed by atoms with van der Waals surface area (Å²) < 4.78 is 51.8. The van der Waals surface area contributed by atoms with Gasteiger partial charge >= 0.3 is 0 Å². The third-order valence-corrected chi connectivity index (χ3v) is 3.55. The van der Waals surface area contributed by atoms with E-state index in [1.807, 2.05) is 4.72 Å². The largest absolute Gasteiger partial charge is 0.384 e. The summed E-state index contributed by atoms with van der Waals surface area (Å²) in [6.07, 6.45) is 1.05. The summed E-state index contributed by atoms with van der Waals surface area (Å²) in [5, 5.41) is 0. The van der Waals surface area contributed by atoms with Crippen LogP contribution in [0.3, 0.4) is 0 Å². The Kier molecular flexibility index (Phi) is 3.34. The predicted molar refractivity (Wildman–Crippen MR) is 65.8 cm³/mol. The fourth-order valence-electron chi connectivity index (χ4n) is 1.38. The number of sulfonamides is 1. The van der Waals surface area contributed by atoms with Crippen LogP contribution in [0.15, 0.2) is 41.4 Å². The van der Waals surface area contributed by atoms with E-state index in [9.17, 15) is 17.2 Å². The number of hydrogen-bond donors (Lipinski definition) is 2. The molecule has 100 valence electrons. The second kappa shape index (κ2) is 4.81. The molecule has 0 saturated carbocycles. The van der Waals surface area contributed by atoms with Gasteiger partial charge in [-0.3, -0.25) is 4.72 Å². The highest BCUT2D eigenvalue weighted by Crippen LogP contribution is 2.18. The van der Waals surface area contributed by atoms with Gasteiger partial charge in [-0.2, -0.15) is 0 Å². The number of nitrogens with one attached hydrogen (secondary N) is 1. The molecule has 0 fully saturated rings. The molecule has 1 heterocycles. The van der Waals surface area contributed by atoms with Crippen LogP contribution in [0, 0.1) is 11.6 Å². The molecule has 5 nitrogen and oxygen atoms in total. The molecule has 1 aromatic carbocycles. The molecule has 0 amide bonds. The van der Waals surface area contributed by atoms with Gasteiger partial charge in [-0.15, -0.1) is 0 Å². The molecule has 0 bridgehead atoms. The Morgan fingerprint density at radius 2 is 1.74 bits per heavy atom. The summed E-state index contributed by atoms with van der Waals surface area (Å²) in [6.45, 7) is 0. The second-order valence-electron chi connectivity index (χ2n) is 3.68. The summed E-state index contributed by atoms with van der Waals surface area (Å²) in [5.74, 6) is -1.60. The standard InChI is InChI=1S/C11H9F2N3O2S/c12-7-3-8(13)5-9(4-7)16-19(17,18)10-1-2-11(14)15-6-10/h1-6,16H,(H2,14,15). The number of hydrogen-bond acceptors (Lipinski definition) is 4. The van der Waals surface area contributed by atoms with Gasteiger partial charge in [0.25, 0.3) is 10.0 Å². The minimum Gasteiger partial charge on any atom is -0.384 e. The highest BCUT2D eigenvalue weighted by Gasteiger charge is 2.15. The molecule has 0 atom stereocenters. The number of pyridine rings is 1. The van der Waals surface area contributed by atoms with Crippen molar-refractivity contribution < 1.29 is 17.2 Å². The van der Waals surface area contributed by atoms with Gasteiger partial charge in [-0.1, -0.05) is 0 Å². The highest BCUT2D eigenvalue weighted by molar-refractivity contribution is 7.92. The van der Waals surface area contributed by atoms with Crippen LogP contribution in [-0.4, -0.2) is 13.4 Å². The number of nitrogen functional groups attached to an aromatic ring is 1. The molecule has 0 saturated heterocycles. The van der Waals surface area contributed by atoms with Gasteiger partial charge in [0.05, 0.1) is 5.69 Å². The van der Waals surface area contributed by atoms with E-state index in [0.717, 1.165) is 18.3 Å². The number of anilines is 2. The fourth-order valence-corrected chi connectivity index (χ4v) is 2.36. The van der Waals surface area contributed by atoms with Gasteiger partial charge in [0.2, 0.25) is 0 Å². The summed E-state index contributed by atoms with van der Waals surface area (Å²) in [4.78, 5) is 3.47. The normalized spacial score (nSPS) is 11.3. The average molecular weight is 285 g/mol. The molecule has 0 unspecified atom stereocenters. The molecule has 0 aliphatic heterocycles. The lowest BCUT2D eigenvalue weighted by Gasteiger charge is -2.08. The van der Waals surface area contributed by atoms with Crippen molar-refractivity contribution in [3.63, 3.8) is 0 Å². The molecular weight excluding hydrogens is 276 g/mol. The lowest BCUT2D eigenvalue weighted by atomic mass is 10.3. The zero-order chi connectivity index (χ0) is 14.0. The van der Waals surface area contributed by atoms with E-state index < -0.39 is 21.7 Å². The first-order valence-corrected chi connectivity index (χ1v) is 6.55. The molecular formula is C11H9F2N3O2S. The Hall–Kier alpha value is -2.22. The van der Waals surface area contributed by atoms with Crippen LogP contribution in [-0.2, 0) is 10.0 Å². The second-order valence-corrected chi connectivity index (χ2v) is 5.36. The number of nitrogens with zero attached hydrogens (tertiary/aromatic N) is 1. The van der Waals surface area contributed by atoms with Crippen molar-refractivity contribution >= 4 is 21.5 Å². The van der Waals surface area contributed by atoms with E-state index in [1.165, 1.54) is 12.1 Å². The van der Waals surface area contributed by atoms with Gasteiger partial charge in [-0.25, -0.2) is 22.2 Å². The first kappa shape index (κ1) is 13.2. The van der Waals surface area contributed by atoms with Crippen LogP contribution in [0.1, 0.15) is 0 Å². The molecule has 2 aromatic rings. The third kappa shape index (κ3) is 3.16. The topological polar surface area (TPSA) is 85.1 Å². The Morgan fingerprint density at radius 3 is 2.26 bits per heavy atom. The maximum absolute atomic E-state index is 13.0. The summed E-state index contributed by atoms with van der Waals surface area (Å²) in [5.41, 5.74) is 5.12. The van der Waals surface area contributed by atoms with Crippen molar-refractivity contribution in [2.75, 3.05) is 10.5 Å². The zero-order valence-corrected chi connectivity index (χ0v) is 10.3. The first-order valence-electron chi connectivity index (χ1n) is 5.07. The van der Waals surface area contributed by atoms with Crippen LogP contribution in [0.2, 0.25) is 0 Å². The third-order valence-electron chi connectivity index (χ3n) is 2.18. The van der Waals surface area contributed by atoms with Gasteiger partial charge in [-0.05, 0) is 24.3 Å². The Labute approximate surface area is 108 Å². The quantitative estimate of drug-likeness (QED) is 0.899. The van der Waals surface area contributed by atoms with Crippen LogP contribution in [0.5, 0.6) is 0 Å². The number of nitrogens with two attached hydrogens (primary N) is 1. The number of aromatic nitrogens is 1. The van der Waals surface area contributed by atoms with Gasteiger partial charge < -0.3 is 5.73 Å². The van der Waals surface area contributed by atoms with Gasteiger partial charge in [0.1, 0.15) is 22.3 Å². The van der Waals surface area contributed by atoms with Gasteiger partial charge in [0, 0.05) is 12.3 Å². The lowest BCUT2D eigenvalue weighted by molar-refractivity contribution is 0.584. The average Bonchev–Trinajstić information content (AvgIpc) is 2.27. The van der Waals surface area contributed by atoms with Crippen LogP contribution < -0.4 is 10.5 Å². The molecule has 0 radical (unpaired) electrons. The SMILES string of the molecule is Nc1ccc(S(=O)(=O)Nc2cc(F)cc(F)c2)cn1. The molecule has 0 aliphatic carbocycles. The number of benzene rings is 1. The summed E-state index contributed by atoms with van der Waals surface area (Å²) in [7, 11) is -3.97. The maximum Gasteiger partial charge on any atom is 0.263 e. The number of rotatable bonds is 3. The Bertz CT molecular complexity index is 682. The van der Waals surface area contributed by atoms with Crippen molar-refractivity contribution in [1.82, 2.24) is 4.98 Å². The van der Waals surface area contributed by atoms with Crippen LogP contribution >= 0.6 is 0 Å².